The van der Waals surface area contributed by atoms with Crippen LogP contribution >= 0.6 is 0 Å². The predicted octanol–water partition coefficient (Wildman–Crippen LogP) is 1.45. The second-order valence-electron chi connectivity index (χ2n) is 7.60. The van der Waals surface area contributed by atoms with Gasteiger partial charge in [-0.1, -0.05) is 5.16 Å². The number of rotatable bonds is 3. The molecule has 1 aromatic rings. The normalized spacial score (nSPS) is 35.0. The highest BCUT2D eigenvalue weighted by molar-refractivity contribution is 5.77. The molecule has 4 heterocycles. The second kappa shape index (κ2) is 7.05. The van der Waals surface area contributed by atoms with E-state index in [0.717, 1.165) is 57.0 Å². The van der Waals surface area contributed by atoms with E-state index in [4.69, 9.17) is 9.26 Å². The zero-order valence-electron chi connectivity index (χ0n) is 15.1. The Morgan fingerprint density at radius 3 is 2.96 bits per heavy atom. The molecule has 1 amide bonds. The van der Waals surface area contributed by atoms with Crippen LogP contribution in [0.25, 0.3) is 0 Å². The monoisotopic (exact) mass is 348 g/mol. The zero-order valence-corrected chi connectivity index (χ0v) is 15.1. The van der Waals surface area contributed by atoms with E-state index in [2.05, 4.69) is 27.2 Å². The van der Waals surface area contributed by atoms with Gasteiger partial charge in [0.25, 0.3) is 0 Å². The fraction of sp³-hybridized carbons (Fsp3) is 0.778. The Kier molecular flexibility index (Phi) is 4.80. The minimum atomic E-state index is 0.0748. The van der Waals surface area contributed by atoms with Gasteiger partial charge in [-0.15, -0.1) is 0 Å². The summed E-state index contributed by atoms with van der Waals surface area (Å²) >= 11 is 0. The van der Waals surface area contributed by atoms with Crippen LogP contribution in [0.15, 0.2) is 10.6 Å². The van der Waals surface area contributed by atoms with Crippen LogP contribution in [0.4, 0.5) is 0 Å². The van der Waals surface area contributed by atoms with Gasteiger partial charge in [-0.2, -0.15) is 0 Å². The summed E-state index contributed by atoms with van der Waals surface area (Å²) < 4.78 is 10.8. The van der Waals surface area contributed by atoms with Gasteiger partial charge in [-0.3, -0.25) is 14.6 Å². The van der Waals surface area contributed by atoms with Crippen LogP contribution in [0, 0.1) is 6.92 Å². The molecule has 0 aliphatic carbocycles. The molecule has 1 aromatic heterocycles. The number of morpholine rings is 1. The van der Waals surface area contributed by atoms with Crippen LogP contribution in [0.2, 0.25) is 0 Å². The molecule has 0 aromatic carbocycles. The molecule has 0 bridgehead atoms. The number of aromatic nitrogens is 1. The number of hydrogen-bond donors (Lipinski definition) is 1. The highest BCUT2D eigenvalue weighted by Gasteiger charge is 2.40. The standard InChI is InChI=1S/C18H28N4O3/c1-12-11-24-7-6-21(12)14-9-17(19-18(23)10-14)22-5-3-4-16(22)15-8-13(2)25-20-15/h8,12,14,16-17H,3-7,9-11H2,1-2H3,(H,19,23)/t12-,14?,16+,17?/m1/s1. The Bertz CT molecular complexity index is 619. The van der Waals surface area contributed by atoms with Gasteiger partial charge in [0, 0.05) is 37.7 Å². The molecule has 4 rings (SSSR count). The fourth-order valence-corrected chi connectivity index (χ4v) is 4.63. The first-order chi connectivity index (χ1) is 12.1. The van der Waals surface area contributed by atoms with Crippen molar-refractivity contribution < 1.29 is 14.1 Å². The first-order valence-electron chi connectivity index (χ1n) is 9.43. The lowest BCUT2D eigenvalue weighted by molar-refractivity contribution is -0.130. The van der Waals surface area contributed by atoms with Crippen LogP contribution in [0.1, 0.15) is 50.1 Å². The van der Waals surface area contributed by atoms with Crippen molar-refractivity contribution in [3.05, 3.63) is 17.5 Å². The van der Waals surface area contributed by atoms with Crippen molar-refractivity contribution >= 4 is 5.91 Å². The summed E-state index contributed by atoms with van der Waals surface area (Å²) in [5.74, 6) is 0.997. The average molecular weight is 348 g/mol. The van der Waals surface area contributed by atoms with E-state index >= 15 is 0 Å². The summed E-state index contributed by atoms with van der Waals surface area (Å²) in [6, 6.07) is 2.93. The van der Waals surface area contributed by atoms with Crippen LogP contribution in [0.5, 0.6) is 0 Å². The molecule has 2 unspecified atom stereocenters. The Balaban J connectivity index is 1.49. The quantitative estimate of drug-likeness (QED) is 0.891. The van der Waals surface area contributed by atoms with Gasteiger partial charge in [0.2, 0.25) is 5.91 Å². The van der Waals surface area contributed by atoms with Crippen molar-refractivity contribution in [3.8, 4) is 0 Å². The maximum absolute atomic E-state index is 12.4. The molecular formula is C18H28N4O3. The summed E-state index contributed by atoms with van der Waals surface area (Å²) in [7, 11) is 0. The smallest absolute Gasteiger partial charge is 0.222 e. The summed E-state index contributed by atoms with van der Waals surface area (Å²) in [5, 5.41) is 7.45. The van der Waals surface area contributed by atoms with Crippen LogP contribution in [-0.2, 0) is 9.53 Å². The number of piperidine rings is 1. The molecule has 25 heavy (non-hydrogen) atoms. The van der Waals surface area contributed by atoms with Crippen molar-refractivity contribution in [1.29, 1.82) is 0 Å². The highest BCUT2D eigenvalue weighted by atomic mass is 16.5. The van der Waals surface area contributed by atoms with Crippen molar-refractivity contribution in [2.24, 2.45) is 0 Å². The van der Waals surface area contributed by atoms with Gasteiger partial charge in [0.05, 0.1) is 25.4 Å². The molecule has 3 fully saturated rings. The van der Waals surface area contributed by atoms with E-state index < -0.39 is 0 Å². The number of nitrogens with one attached hydrogen (secondary N) is 1. The highest BCUT2D eigenvalue weighted by Crippen LogP contribution is 2.35. The van der Waals surface area contributed by atoms with E-state index in [0.29, 0.717) is 12.5 Å². The molecule has 1 N–H and O–H groups in total. The molecular weight excluding hydrogens is 320 g/mol. The van der Waals surface area contributed by atoms with Crippen LogP contribution in [0.3, 0.4) is 0 Å². The summed E-state index contributed by atoms with van der Waals surface area (Å²) in [6.07, 6.45) is 3.82. The van der Waals surface area contributed by atoms with Crippen LogP contribution < -0.4 is 5.32 Å². The molecule has 0 radical (unpaired) electrons. The number of aryl methyl sites for hydroxylation is 1. The Hall–Kier alpha value is -1.44. The lowest BCUT2D eigenvalue weighted by Crippen LogP contribution is -2.59. The topological polar surface area (TPSA) is 70.8 Å². The van der Waals surface area contributed by atoms with Gasteiger partial charge < -0.3 is 14.6 Å². The second-order valence-corrected chi connectivity index (χ2v) is 7.60. The van der Waals surface area contributed by atoms with Gasteiger partial charge in [0.15, 0.2) is 0 Å². The maximum atomic E-state index is 12.4. The zero-order chi connectivity index (χ0) is 17.4. The van der Waals surface area contributed by atoms with Crippen molar-refractivity contribution in [2.45, 2.75) is 63.8 Å². The lowest BCUT2D eigenvalue weighted by atomic mass is 9.98. The third-order valence-electron chi connectivity index (χ3n) is 5.81. The molecule has 3 saturated heterocycles. The maximum Gasteiger partial charge on any atom is 0.222 e. The minimum absolute atomic E-state index is 0.0748. The Morgan fingerprint density at radius 1 is 1.32 bits per heavy atom. The summed E-state index contributed by atoms with van der Waals surface area (Å²) in [4.78, 5) is 17.3. The van der Waals surface area contributed by atoms with Crippen molar-refractivity contribution in [3.63, 3.8) is 0 Å². The largest absolute Gasteiger partial charge is 0.379 e. The molecule has 3 aliphatic heterocycles. The molecule has 0 spiro atoms. The summed E-state index contributed by atoms with van der Waals surface area (Å²) in [6.45, 7) is 7.54. The van der Waals surface area contributed by atoms with Crippen molar-refractivity contribution in [2.75, 3.05) is 26.3 Å². The molecule has 4 atom stereocenters. The van der Waals surface area contributed by atoms with Crippen molar-refractivity contribution in [1.82, 2.24) is 20.3 Å². The van der Waals surface area contributed by atoms with E-state index in [1.165, 1.54) is 0 Å². The number of carbonyl (C=O) groups excluding carboxylic acids is 1. The van der Waals surface area contributed by atoms with Gasteiger partial charge in [-0.05, 0) is 33.1 Å². The SMILES string of the molecule is Cc1cc([C@@H]2CCCN2C2CC(N3CCOC[C@H]3C)CC(=O)N2)no1. The molecule has 7 nitrogen and oxygen atoms in total. The van der Waals surface area contributed by atoms with Gasteiger partial charge in [0.1, 0.15) is 11.5 Å². The lowest BCUT2D eigenvalue weighted by Gasteiger charge is -2.45. The third kappa shape index (κ3) is 3.45. The summed E-state index contributed by atoms with van der Waals surface area (Å²) in [5.41, 5.74) is 0.992. The Morgan fingerprint density at radius 2 is 2.20 bits per heavy atom. The molecule has 3 aliphatic rings. The van der Waals surface area contributed by atoms with E-state index in [1.54, 1.807) is 0 Å². The first kappa shape index (κ1) is 17.0. The minimum Gasteiger partial charge on any atom is -0.379 e. The predicted molar refractivity (Wildman–Crippen MR) is 91.9 cm³/mol. The number of amides is 1. The molecule has 0 saturated carbocycles. The third-order valence-corrected chi connectivity index (χ3v) is 5.81. The van der Waals surface area contributed by atoms with Gasteiger partial charge >= 0.3 is 0 Å². The van der Waals surface area contributed by atoms with Gasteiger partial charge in [-0.25, -0.2) is 0 Å². The first-order valence-corrected chi connectivity index (χ1v) is 9.43. The van der Waals surface area contributed by atoms with E-state index in [1.807, 2.05) is 13.0 Å². The van der Waals surface area contributed by atoms with E-state index in [9.17, 15) is 4.79 Å². The Labute approximate surface area is 148 Å². The number of ether oxygens (including phenoxy) is 1. The molecule has 138 valence electrons. The van der Waals surface area contributed by atoms with E-state index in [-0.39, 0.29) is 24.2 Å². The average Bonchev–Trinajstić information content (AvgIpc) is 3.23. The number of hydrogen-bond acceptors (Lipinski definition) is 6. The number of likely N-dealkylation sites (tertiary alicyclic amines) is 1. The number of carbonyl (C=O) groups is 1. The molecule has 7 heteroatoms. The number of nitrogens with zero attached hydrogens (tertiary/aromatic N) is 3. The fourth-order valence-electron chi connectivity index (χ4n) is 4.63. The van der Waals surface area contributed by atoms with Crippen LogP contribution in [-0.4, -0.2) is 65.4 Å².